The van der Waals surface area contributed by atoms with Gasteiger partial charge < -0.3 is 10.3 Å². The van der Waals surface area contributed by atoms with Crippen LogP contribution in [-0.4, -0.2) is 28.3 Å². The van der Waals surface area contributed by atoms with E-state index in [0.29, 0.717) is 5.92 Å². The van der Waals surface area contributed by atoms with Crippen molar-refractivity contribution in [1.29, 1.82) is 0 Å². The summed E-state index contributed by atoms with van der Waals surface area (Å²) in [6.45, 7) is 4.37. The van der Waals surface area contributed by atoms with Crippen LogP contribution in [0.4, 0.5) is 0 Å². The molecule has 1 atom stereocenters. The summed E-state index contributed by atoms with van der Waals surface area (Å²) in [6.07, 6.45) is 6.43. The molecule has 0 aliphatic carbocycles. The maximum absolute atomic E-state index is 4.46. The van der Waals surface area contributed by atoms with Crippen LogP contribution in [0, 0.1) is 6.92 Å². The standard InChI is InChI=1S/C13H18N4/c1-9-12(10-3-2-5-14-7-10)16-17-13(9)11-4-6-15-8-11/h4,6,8,10,14-15H,2-3,5,7H2,1H3,(H,16,17). The van der Waals surface area contributed by atoms with E-state index in [1.54, 1.807) is 0 Å². The lowest BCUT2D eigenvalue weighted by Crippen LogP contribution is -2.28. The predicted molar refractivity (Wildman–Crippen MR) is 68.0 cm³/mol. The van der Waals surface area contributed by atoms with E-state index in [0.717, 1.165) is 24.3 Å². The van der Waals surface area contributed by atoms with Crippen LogP contribution in [0.15, 0.2) is 18.5 Å². The summed E-state index contributed by atoms with van der Waals surface area (Å²) in [4.78, 5) is 3.08. The fourth-order valence-electron chi connectivity index (χ4n) is 2.66. The maximum atomic E-state index is 4.46. The number of nitrogens with one attached hydrogen (secondary N) is 3. The van der Waals surface area contributed by atoms with Crippen molar-refractivity contribution in [2.75, 3.05) is 13.1 Å². The van der Waals surface area contributed by atoms with Crippen molar-refractivity contribution in [3.63, 3.8) is 0 Å². The fraction of sp³-hybridized carbons (Fsp3) is 0.462. The van der Waals surface area contributed by atoms with Gasteiger partial charge in [-0.3, -0.25) is 5.10 Å². The van der Waals surface area contributed by atoms with Crippen LogP contribution < -0.4 is 5.32 Å². The van der Waals surface area contributed by atoms with Crippen LogP contribution in [0.5, 0.6) is 0 Å². The highest BCUT2D eigenvalue weighted by atomic mass is 15.1. The molecule has 2 aromatic heterocycles. The molecular formula is C13H18N4. The van der Waals surface area contributed by atoms with E-state index in [4.69, 9.17) is 0 Å². The van der Waals surface area contributed by atoms with Gasteiger partial charge in [-0.2, -0.15) is 5.10 Å². The first-order valence-electron chi connectivity index (χ1n) is 6.25. The summed E-state index contributed by atoms with van der Waals surface area (Å²) in [6, 6.07) is 2.06. The Bertz CT molecular complexity index is 477. The van der Waals surface area contributed by atoms with E-state index in [2.05, 4.69) is 33.5 Å². The van der Waals surface area contributed by atoms with Crippen LogP contribution in [0.3, 0.4) is 0 Å². The molecular weight excluding hydrogens is 212 g/mol. The van der Waals surface area contributed by atoms with Crippen molar-refractivity contribution < 1.29 is 0 Å². The number of hydrogen-bond acceptors (Lipinski definition) is 2. The van der Waals surface area contributed by atoms with Crippen molar-refractivity contribution >= 4 is 0 Å². The Balaban J connectivity index is 1.92. The molecule has 1 unspecified atom stereocenters. The van der Waals surface area contributed by atoms with Crippen LogP contribution in [0.25, 0.3) is 11.3 Å². The van der Waals surface area contributed by atoms with Crippen molar-refractivity contribution in [1.82, 2.24) is 20.5 Å². The smallest absolute Gasteiger partial charge is 0.0967 e. The lowest BCUT2D eigenvalue weighted by Gasteiger charge is -2.22. The van der Waals surface area contributed by atoms with Gasteiger partial charge in [-0.15, -0.1) is 0 Å². The molecule has 0 radical (unpaired) electrons. The molecule has 3 heterocycles. The normalized spacial score (nSPS) is 20.6. The van der Waals surface area contributed by atoms with Gasteiger partial charge in [0.15, 0.2) is 0 Å². The Morgan fingerprint density at radius 2 is 2.35 bits per heavy atom. The first kappa shape index (κ1) is 10.6. The molecule has 3 N–H and O–H groups in total. The zero-order valence-electron chi connectivity index (χ0n) is 10.1. The molecule has 90 valence electrons. The molecule has 0 saturated carbocycles. The minimum Gasteiger partial charge on any atom is -0.367 e. The Labute approximate surface area is 101 Å². The highest BCUT2D eigenvalue weighted by molar-refractivity contribution is 5.63. The van der Waals surface area contributed by atoms with E-state index >= 15 is 0 Å². The minimum atomic E-state index is 0.587. The summed E-state index contributed by atoms with van der Waals surface area (Å²) >= 11 is 0. The molecule has 2 aromatic rings. The lowest BCUT2D eigenvalue weighted by atomic mass is 9.93. The second kappa shape index (κ2) is 4.37. The topological polar surface area (TPSA) is 56.5 Å². The van der Waals surface area contributed by atoms with Gasteiger partial charge in [0, 0.05) is 36.1 Å². The van der Waals surface area contributed by atoms with Gasteiger partial charge in [0.2, 0.25) is 0 Å². The van der Waals surface area contributed by atoms with Crippen molar-refractivity contribution in [2.45, 2.75) is 25.7 Å². The molecule has 1 saturated heterocycles. The number of piperidine rings is 1. The second-order valence-electron chi connectivity index (χ2n) is 4.75. The lowest BCUT2D eigenvalue weighted by molar-refractivity contribution is 0.453. The highest BCUT2D eigenvalue weighted by Gasteiger charge is 2.21. The monoisotopic (exact) mass is 230 g/mol. The van der Waals surface area contributed by atoms with E-state index in [9.17, 15) is 0 Å². The zero-order chi connectivity index (χ0) is 11.7. The van der Waals surface area contributed by atoms with Gasteiger partial charge in [-0.25, -0.2) is 0 Å². The summed E-state index contributed by atoms with van der Waals surface area (Å²) in [5.41, 5.74) is 4.83. The maximum Gasteiger partial charge on any atom is 0.0967 e. The van der Waals surface area contributed by atoms with Gasteiger partial charge in [0.05, 0.1) is 5.69 Å². The number of H-pyrrole nitrogens is 2. The Hall–Kier alpha value is -1.55. The molecule has 1 fully saturated rings. The molecule has 4 heteroatoms. The van der Waals surface area contributed by atoms with E-state index in [1.165, 1.54) is 24.1 Å². The third-order valence-corrected chi connectivity index (χ3v) is 3.62. The number of hydrogen-bond donors (Lipinski definition) is 3. The SMILES string of the molecule is Cc1c(-c2cc[nH]c2)n[nH]c1C1CCCNC1. The molecule has 3 rings (SSSR count). The quantitative estimate of drug-likeness (QED) is 0.740. The van der Waals surface area contributed by atoms with E-state index in [1.807, 2.05) is 12.4 Å². The number of aromatic amines is 2. The van der Waals surface area contributed by atoms with Gasteiger partial charge in [-0.1, -0.05) is 0 Å². The predicted octanol–water partition coefficient (Wildman–Crippen LogP) is 2.18. The van der Waals surface area contributed by atoms with Gasteiger partial charge in [0.1, 0.15) is 0 Å². The largest absolute Gasteiger partial charge is 0.367 e. The number of nitrogens with zero attached hydrogens (tertiary/aromatic N) is 1. The first-order chi connectivity index (χ1) is 8.36. The third kappa shape index (κ3) is 1.89. The van der Waals surface area contributed by atoms with Crippen LogP contribution in [0.1, 0.15) is 30.0 Å². The first-order valence-corrected chi connectivity index (χ1v) is 6.25. The Morgan fingerprint density at radius 3 is 3.06 bits per heavy atom. The average molecular weight is 230 g/mol. The van der Waals surface area contributed by atoms with E-state index < -0.39 is 0 Å². The fourth-order valence-corrected chi connectivity index (χ4v) is 2.66. The van der Waals surface area contributed by atoms with Gasteiger partial charge in [-0.05, 0) is 37.9 Å². The molecule has 0 aromatic carbocycles. The molecule has 0 bridgehead atoms. The summed E-state index contributed by atoms with van der Waals surface area (Å²) < 4.78 is 0. The summed E-state index contributed by atoms with van der Waals surface area (Å²) in [5, 5.41) is 11.1. The van der Waals surface area contributed by atoms with Crippen LogP contribution in [-0.2, 0) is 0 Å². The zero-order valence-corrected chi connectivity index (χ0v) is 10.1. The van der Waals surface area contributed by atoms with Crippen molar-refractivity contribution in [3.8, 4) is 11.3 Å². The van der Waals surface area contributed by atoms with Gasteiger partial charge in [0.25, 0.3) is 0 Å². The molecule has 0 amide bonds. The number of rotatable bonds is 2. The molecule has 1 aliphatic heterocycles. The van der Waals surface area contributed by atoms with Crippen LogP contribution in [0.2, 0.25) is 0 Å². The molecule has 1 aliphatic rings. The van der Waals surface area contributed by atoms with Crippen molar-refractivity contribution in [3.05, 3.63) is 29.7 Å². The number of aromatic nitrogens is 3. The molecule has 17 heavy (non-hydrogen) atoms. The van der Waals surface area contributed by atoms with E-state index in [-0.39, 0.29) is 0 Å². The van der Waals surface area contributed by atoms with Gasteiger partial charge >= 0.3 is 0 Å². The third-order valence-electron chi connectivity index (χ3n) is 3.62. The van der Waals surface area contributed by atoms with Crippen LogP contribution >= 0.6 is 0 Å². The molecule has 4 nitrogen and oxygen atoms in total. The average Bonchev–Trinajstić information content (AvgIpc) is 2.99. The minimum absolute atomic E-state index is 0.587. The summed E-state index contributed by atoms with van der Waals surface area (Å²) in [7, 11) is 0. The second-order valence-corrected chi connectivity index (χ2v) is 4.75. The van der Waals surface area contributed by atoms with Crippen molar-refractivity contribution in [2.24, 2.45) is 0 Å². The Kier molecular flexibility index (Phi) is 2.73. The summed E-state index contributed by atoms with van der Waals surface area (Å²) in [5.74, 6) is 0.587. The molecule has 0 spiro atoms. The highest BCUT2D eigenvalue weighted by Crippen LogP contribution is 2.29. The Morgan fingerprint density at radius 1 is 1.41 bits per heavy atom.